The van der Waals surface area contributed by atoms with Gasteiger partial charge in [-0.1, -0.05) is 11.6 Å². The van der Waals surface area contributed by atoms with Crippen molar-refractivity contribution in [3.05, 3.63) is 22.8 Å². The largest absolute Gasteiger partial charge is 0.481 e. The Morgan fingerprint density at radius 1 is 1.60 bits per heavy atom. The van der Waals surface area contributed by atoms with E-state index in [4.69, 9.17) is 16.3 Å². The summed E-state index contributed by atoms with van der Waals surface area (Å²) < 4.78 is 5.15. The molecular weight excluding hydrogens is 214 g/mol. The van der Waals surface area contributed by atoms with Crippen LogP contribution in [0, 0.1) is 0 Å². The van der Waals surface area contributed by atoms with Gasteiger partial charge in [0.1, 0.15) is 5.78 Å². The first-order chi connectivity index (χ1) is 7.12. The molecule has 1 aromatic heterocycles. The second kappa shape index (κ2) is 3.49. The Morgan fingerprint density at radius 3 is 2.73 bits per heavy atom. The molecule has 2 rings (SSSR count). The van der Waals surface area contributed by atoms with Crippen molar-refractivity contribution in [2.45, 2.75) is 25.2 Å². The number of carbonyl (C=O) groups excluding carboxylic acids is 1. The van der Waals surface area contributed by atoms with Crippen LogP contribution in [0.2, 0.25) is 5.02 Å². The summed E-state index contributed by atoms with van der Waals surface area (Å²) in [5.74, 6) is 0.603. The van der Waals surface area contributed by atoms with E-state index in [0.717, 1.165) is 18.4 Å². The summed E-state index contributed by atoms with van der Waals surface area (Å²) in [7, 11) is 1.54. The molecule has 15 heavy (non-hydrogen) atoms. The highest BCUT2D eigenvalue weighted by Crippen LogP contribution is 2.53. The van der Waals surface area contributed by atoms with Gasteiger partial charge in [0.05, 0.1) is 17.5 Å². The highest BCUT2D eigenvalue weighted by molar-refractivity contribution is 6.32. The molecule has 0 radical (unpaired) electrons. The lowest BCUT2D eigenvalue weighted by Gasteiger charge is -2.16. The summed E-state index contributed by atoms with van der Waals surface area (Å²) in [4.78, 5) is 15.7. The number of rotatable bonds is 3. The number of nitrogens with zero attached hydrogens (tertiary/aromatic N) is 1. The third-order valence-corrected chi connectivity index (χ3v) is 3.28. The number of carbonyl (C=O) groups is 1. The van der Waals surface area contributed by atoms with E-state index in [1.807, 2.05) is 0 Å². The van der Waals surface area contributed by atoms with Crippen LogP contribution < -0.4 is 4.74 Å². The molecule has 1 aliphatic rings. The van der Waals surface area contributed by atoms with E-state index in [1.165, 1.54) is 0 Å². The van der Waals surface area contributed by atoms with E-state index in [2.05, 4.69) is 4.98 Å². The van der Waals surface area contributed by atoms with E-state index >= 15 is 0 Å². The van der Waals surface area contributed by atoms with Crippen LogP contribution in [-0.2, 0) is 10.2 Å². The number of ketones is 1. The van der Waals surface area contributed by atoms with E-state index in [9.17, 15) is 4.79 Å². The zero-order valence-electron chi connectivity index (χ0n) is 8.71. The first kappa shape index (κ1) is 10.4. The summed E-state index contributed by atoms with van der Waals surface area (Å²) in [5.41, 5.74) is 0.318. The molecule has 0 N–H and O–H groups in total. The van der Waals surface area contributed by atoms with Gasteiger partial charge in [0, 0.05) is 11.8 Å². The van der Waals surface area contributed by atoms with Crippen molar-refractivity contribution in [2.75, 3.05) is 7.11 Å². The summed E-state index contributed by atoms with van der Waals surface area (Å²) >= 11 is 6.10. The minimum Gasteiger partial charge on any atom is -0.481 e. The summed E-state index contributed by atoms with van der Waals surface area (Å²) in [6.45, 7) is 1.59. The first-order valence-electron chi connectivity index (χ1n) is 4.82. The molecule has 1 heterocycles. The van der Waals surface area contributed by atoms with Crippen LogP contribution in [0.4, 0.5) is 0 Å². The topological polar surface area (TPSA) is 39.2 Å². The Morgan fingerprint density at radius 2 is 2.27 bits per heavy atom. The number of Topliss-reactive ketones (excluding diaryl/α,β-unsaturated/α-hetero) is 1. The quantitative estimate of drug-likeness (QED) is 0.793. The monoisotopic (exact) mass is 225 g/mol. The number of ether oxygens (including phenoxy) is 1. The number of halogens is 1. The SMILES string of the molecule is COc1nccc(Cl)c1C1(C(C)=O)CC1. The van der Waals surface area contributed by atoms with Crippen molar-refractivity contribution in [2.24, 2.45) is 0 Å². The number of pyridine rings is 1. The van der Waals surface area contributed by atoms with Crippen LogP contribution in [0.5, 0.6) is 5.88 Å². The molecule has 4 heteroatoms. The fourth-order valence-corrected chi connectivity index (χ4v) is 2.23. The Hall–Kier alpha value is -1.09. The molecule has 1 fully saturated rings. The third-order valence-electron chi connectivity index (χ3n) is 2.96. The highest BCUT2D eigenvalue weighted by atomic mass is 35.5. The average molecular weight is 226 g/mol. The van der Waals surface area contributed by atoms with Gasteiger partial charge in [-0.25, -0.2) is 4.98 Å². The summed E-state index contributed by atoms with van der Waals surface area (Å²) in [5, 5.41) is 0.564. The smallest absolute Gasteiger partial charge is 0.218 e. The molecule has 0 amide bonds. The molecule has 0 saturated heterocycles. The second-order valence-corrected chi connectivity index (χ2v) is 4.22. The second-order valence-electron chi connectivity index (χ2n) is 3.82. The van der Waals surface area contributed by atoms with Crippen LogP contribution >= 0.6 is 11.6 Å². The van der Waals surface area contributed by atoms with Crippen LogP contribution in [-0.4, -0.2) is 17.9 Å². The van der Waals surface area contributed by atoms with E-state index in [1.54, 1.807) is 26.3 Å². The Bertz CT molecular complexity index is 413. The predicted octanol–water partition coefficient (Wildman–Crippen LogP) is 2.36. The van der Waals surface area contributed by atoms with E-state index < -0.39 is 5.41 Å². The van der Waals surface area contributed by atoms with Gasteiger partial charge in [0.15, 0.2) is 0 Å². The van der Waals surface area contributed by atoms with Crippen LogP contribution in [0.25, 0.3) is 0 Å². The molecule has 0 aliphatic heterocycles. The van der Waals surface area contributed by atoms with Gasteiger partial charge in [0.2, 0.25) is 5.88 Å². The van der Waals surface area contributed by atoms with Gasteiger partial charge in [0.25, 0.3) is 0 Å². The molecule has 0 bridgehead atoms. The van der Waals surface area contributed by atoms with Crippen molar-refractivity contribution in [3.63, 3.8) is 0 Å². The van der Waals surface area contributed by atoms with E-state index in [-0.39, 0.29) is 5.78 Å². The fraction of sp³-hybridized carbons (Fsp3) is 0.455. The number of aromatic nitrogens is 1. The van der Waals surface area contributed by atoms with Gasteiger partial charge >= 0.3 is 0 Å². The van der Waals surface area contributed by atoms with Crippen LogP contribution in [0.15, 0.2) is 12.3 Å². The highest BCUT2D eigenvalue weighted by Gasteiger charge is 2.52. The number of hydrogen-bond acceptors (Lipinski definition) is 3. The average Bonchev–Trinajstić information content (AvgIpc) is 2.98. The lowest BCUT2D eigenvalue weighted by atomic mass is 9.93. The fourth-order valence-electron chi connectivity index (χ4n) is 1.91. The maximum absolute atomic E-state index is 11.6. The number of methoxy groups -OCH3 is 1. The molecule has 80 valence electrons. The van der Waals surface area contributed by atoms with E-state index in [0.29, 0.717) is 10.9 Å². The third kappa shape index (κ3) is 1.51. The molecule has 3 nitrogen and oxygen atoms in total. The number of hydrogen-bond donors (Lipinski definition) is 0. The summed E-state index contributed by atoms with van der Waals surface area (Å²) in [6.07, 6.45) is 3.26. The van der Waals surface area contributed by atoms with Gasteiger partial charge in [-0.3, -0.25) is 4.79 Å². The zero-order valence-corrected chi connectivity index (χ0v) is 9.47. The Kier molecular flexibility index (Phi) is 2.43. The summed E-state index contributed by atoms with van der Waals surface area (Å²) in [6, 6.07) is 1.70. The van der Waals surface area contributed by atoms with Crippen molar-refractivity contribution in [1.82, 2.24) is 4.98 Å². The van der Waals surface area contributed by atoms with Crippen molar-refractivity contribution in [1.29, 1.82) is 0 Å². The zero-order chi connectivity index (χ0) is 11.1. The molecule has 0 unspecified atom stereocenters. The Labute approximate surface area is 93.4 Å². The first-order valence-corrected chi connectivity index (χ1v) is 5.19. The van der Waals surface area contributed by atoms with Crippen molar-refractivity contribution < 1.29 is 9.53 Å². The molecule has 0 atom stereocenters. The molecule has 1 aromatic rings. The van der Waals surface area contributed by atoms with Crippen LogP contribution in [0.1, 0.15) is 25.3 Å². The Balaban J connectivity index is 2.56. The minimum atomic E-state index is -0.434. The molecular formula is C11H12ClNO2. The van der Waals surface area contributed by atoms with Gasteiger partial charge in [-0.2, -0.15) is 0 Å². The van der Waals surface area contributed by atoms with Gasteiger partial charge < -0.3 is 4.74 Å². The minimum absolute atomic E-state index is 0.135. The molecule has 1 aliphatic carbocycles. The lowest BCUT2D eigenvalue weighted by Crippen LogP contribution is -2.19. The maximum atomic E-state index is 11.6. The van der Waals surface area contributed by atoms with Gasteiger partial charge in [-0.05, 0) is 25.8 Å². The van der Waals surface area contributed by atoms with Crippen molar-refractivity contribution >= 4 is 17.4 Å². The molecule has 1 saturated carbocycles. The molecule has 0 spiro atoms. The standard InChI is InChI=1S/C11H12ClNO2/c1-7(14)11(4-5-11)9-8(12)3-6-13-10(9)15-2/h3,6H,4-5H2,1-2H3. The maximum Gasteiger partial charge on any atom is 0.218 e. The lowest BCUT2D eigenvalue weighted by molar-refractivity contribution is -0.119. The van der Waals surface area contributed by atoms with Gasteiger partial charge in [-0.15, -0.1) is 0 Å². The van der Waals surface area contributed by atoms with Crippen molar-refractivity contribution in [3.8, 4) is 5.88 Å². The molecule has 0 aromatic carbocycles. The normalized spacial score (nSPS) is 17.3. The predicted molar refractivity (Wildman–Crippen MR) is 57.4 cm³/mol. The van der Waals surface area contributed by atoms with Crippen LogP contribution in [0.3, 0.4) is 0 Å².